The van der Waals surface area contributed by atoms with Gasteiger partial charge in [0.2, 0.25) is 0 Å². The second-order valence-corrected chi connectivity index (χ2v) is 5.89. The Morgan fingerprint density at radius 2 is 1.90 bits per heavy atom. The molecule has 0 saturated carbocycles. The molecule has 1 heterocycles. The molecule has 0 N–H and O–H groups in total. The largest absolute Gasteiger partial charge is 0.325 e. The van der Waals surface area contributed by atoms with Crippen LogP contribution in [-0.4, -0.2) is 9.55 Å². The molecule has 21 heavy (non-hydrogen) atoms. The van der Waals surface area contributed by atoms with Gasteiger partial charge in [-0.05, 0) is 37.1 Å². The van der Waals surface area contributed by atoms with Gasteiger partial charge in [0.05, 0.1) is 11.0 Å². The Morgan fingerprint density at radius 1 is 1.14 bits per heavy atom. The van der Waals surface area contributed by atoms with E-state index in [1.165, 1.54) is 5.56 Å². The smallest absolute Gasteiger partial charge is 0.114 e. The molecule has 3 rings (SSSR count). The van der Waals surface area contributed by atoms with Crippen molar-refractivity contribution in [3.05, 3.63) is 64.9 Å². The van der Waals surface area contributed by atoms with Crippen LogP contribution < -0.4 is 0 Å². The molecule has 0 bridgehead atoms. The van der Waals surface area contributed by atoms with Crippen LogP contribution >= 0.6 is 11.6 Å². The minimum Gasteiger partial charge on any atom is -0.325 e. The Labute approximate surface area is 130 Å². The summed E-state index contributed by atoms with van der Waals surface area (Å²) in [6.45, 7) is 4.43. The molecule has 0 aliphatic carbocycles. The molecule has 1 aromatic heterocycles. The molecule has 108 valence electrons. The summed E-state index contributed by atoms with van der Waals surface area (Å²) in [4.78, 5) is 4.82. The topological polar surface area (TPSA) is 17.8 Å². The molecule has 3 heteroatoms. The van der Waals surface area contributed by atoms with Gasteiger partial charge in [-0.25, -0.2) is 4.98 Å². The highest BCUT2D eigenvalue weighted by atomic mass is 35.5. The Balaban J connectivity index is 2.12. The van der Waals surface area contributed by atoms with Gasteiger partial charge in [0.25, 0.3) is 0 Å². The van der Waals surface area contributed by atoms with E-state index in [-0.39, 0.29) is 0 Å². The maximum Gasteiger partial charge on any atom is 0.114 e. The summed E-state index contributed by atoms with van der Waals surface area (Å²) >= 11 is 6.17. The lowest BCUT2D eigenvalue weighted by Gasteiger charge is -2.16. The summed E-state index contributed by atoms with van der Waals surface area (Å²) in [7, 11) is 0. The molecular weight excluding hydrogens is 280 g/mol. The summed E-state index contributed by atoms with van der Waals surface area (Å²) in [6, 6.07) is 16.8. The van der Waals surface area contributed by atoms with Gasteiger partial charge in [0, 0.05) is 17.5 Å². The average Bonchev–Trinajstić information content (AvgIpc) is 2.84. The van der Waals surface area contributed by atoms with Crippen molar-refractivity contribution in [2.75, 3.05) is 0 Å². The van der Waals surface area contributed by atoms with E-state index >= 15 is 0 Å². The van der Waals surface area contributed by atoms with Gasteiger partial charge >= 0.3 is 0 Å². The quantitative estimate of drug-likeness (QED) is 0.643. The average molecular weight is 299 g/mol. The molecule has 3 aromatic rings. The van der Waals surface area contributed by atoms with E-state index in [1.54, 1.807) is 0 Å². The molecule has 0 amide bonds. The predicted octanol–water partition coefficient (Wildman–Crippen LogP) is 5.25. The van der Waals surface area contributed by atoms with Crippen LogP contribution in [0.15, 0.2) is 48.5 Å². The van der Waals surface area contributed by atoms with E-state index < -0.39 is 0 Å². The zero-order valence-electron chi connectivity index (χ0n) is 12.4. The van der Waals surface area contributed by atoms with E-state index in [4.69, 9.17) is 16.6 Å². The van der Waals surface area contributed by atoms with Crippen molar-refractivity contribution in [2.45, 2.75) is 32.7 Å². The maximum atomic E-state index is 6.17. The van der Waals surface area contributed by atoms with Crippen molar-refractivity contribution in [2.24, 2.45) is 0 Å². The number of halogens is 1. The third-order valence-electron chi connectivity index (χ3n) is 3.96. The van der Waals surface area contributed by atoms with Gasteiger partial charge in [-0.1, -0.05) is 48.9 Å². The number of imidazole rings is 1. The van der Waals surface area contributed by atoms with Crippen LogP contribution in [0.2, 0.25) is 5.02 Å². The predicted molar refractivity (Wildman–Crippen MR) is 89.0 cm³/mol. The first-order valence-corrected chi connectivity index (χ1v) is 7.77. The first kappa shape index (κ1) is 14.2. The van der Waals surface area contributed by atoms with E-state index in [1.807, 2.05) is 24.3 Å². The molecule has 0 fully saturated rings. The fourth-order valence-corrected chi connectivity index (χ4v) is 2.86. The standard InChI is InChI=1S/C18H19ClN2/c1-3-13(2)21-17-12-15(19)9-10-16(17)20-18(21)11-14-7-5-4-6-8-14/h4-10,12-13H,3,11H2,1-2H3. The van der Waals surface area contributed by atoms with Crippen LogP contribution in [0.3, 0.4) is 0 Å². The molecule has 0 aliphatic rings. The van der Waals surface area contributed by atoms with E-state index in [0.29, 0.717) is 6.04 Å². The maximum absolute atomic E-state index is 6.17. The van der Waals surface area contributed by atoms with E-state index in [9.17, 15) is 0 Å². The zero-order chi connectivity index (χ0) is 14.8. The van der Waals surface area contributed by atoms with Crippen LogP contribution in [0.5, 0.6) is 0 Å². The number of fused-ring (bicyclic) bond motifs is 1. The van der Waals surface area contributed by atoms with E-state index in [2.05, 4.69) is 42.7 Å². The molecular formula is C18H19ClN2. The molecule has 2 nitrogen and oxygen atoms in total. The number of hydrogen-bond acceptors (Lipinski definition) is 1. The minimum absolute atomic E-state index is 0.409. The number of benzene rings is 2. The van der Waals surface area contributed by atoms with Gasteiger partial charge in [-0.15, -0.1) is 0 Å². The molecule has 0 spiro atoms. The van der Waals surface area contributed by atoms with Crippen molar-refractivity contribution in [3.63, 3.8) is 0 Å². The van der Waals surface area contributed by atoms with Gasteiger partial charge in [0.15, 0.2) is 0 Å². The molecule has 1 unspecified atom stereocenters. The highest BCUT2D eigenvalue weighted by molar-refractivity contribution is 6.31. The Morgan fingerprint density at radius 3 is 2.62 bits per heavy atom. The van der Waals surface area contributed by atoms with Crippen LogP contribution in [0.25, 0.3) is 11.0 Å². The minimum atomic E-state index is 0.409. The second kappa shape index (κ2) is 5.90. The van der Waals surface area contributed by atoms with Crippen molar-refractivity contribution in [1.29, 1.82) is 0 Å². The number of hydrogen-bond donors (Lipinski definition) is 0. The van der Waals surface area contributed by atoms with Crippen LogP contribution in [0.4, 0.5) is 0 Å². The van der Waals surface area contributed by atoms with Crippen LogP contribution in [0, 0.1) is 0 Å². The monoisotopic (exact) mass is 298 g/mol. The lowest BCUT2D eigenvalue weighted by Crippen LogP contribution is -2.09. The van der Waals surface area contributed by atoms with Crippen molar-refractivity contribution >= 4 is 22.6 Å². The summed E-state index contributed by atoms with van der Waals surface area (Å²) in [6.07, 6.45) is 1.91. The van der Waals surface area contributed by atoms with Crippen molar-refractivity contribution in [1.82, 2.24) is 9.55 Å². The second-order valence-electron chi connectivity index (χ2n) is 5.45. The first-order chi connectivity index (χ1) is 10.2. The first-order valence-electron chi connectivity index (χ1n) is 7.39. The Kier molecular flexibility index (Phi) is 3.98. The summed E-state index contributed by atoms with van der Waals surface area (Å²) in [5.41, 5.74) is 3.43. The highest BCUT2D eigenvalue weighted by Crippen LogP contribution is 2.26. The van der Waals surface area contributed by atoms with E-state index in [0.717, 1.165) is 34.7 Å². The summed E-state index contributed by atoms with van der Waals surface area (Å²) in [5.74, 6) is 1.10. The van der Waals surface area contributed by atoms with Gasteiger partial charge < -0.3 is 4.57 Å². The molecule has 1 atom stereocenters. The molecule has 0 saturated heterocycles. The third-order valence-corrected chi connectivity index (χ3v) is 4.20. The molecule has 2 aromatic carbocycles. The Hall–Kier alpha value is -1.80. The lowest BCUT2D eigenvalue weighted by molar-refractivity contribution is 0.526. The number of nitrogens with zero attached hydrogens (tertiary/aromatic N) is 2. The summed E-state index contributed by atoms with van der Waals surface area (Å²) < 4.78 is 2.33. The Bertz CT molecular complexity index is 747. The zero-order valence-corrected chi connectivity index (χ0v) is 13.1. The normalized spacial score (nSPS) is 12.7. The summed E-state index contributed by atoms with van der Waals surface area (Å²) in [5, 5.41) is 0.762. The number of rotatable bonds is 4. The SMILES string of the molecule is CCC(C)n1c(Cc2ccccc2)nc2ccc(Cl)cc21. The van der Waals surface area contributed by atoms with Gasteiger partial charge in [0.1, 0.15) is 5.82 Å². The molecule has 0 aliphatic heterocycles. The van der Waals surface area contributed by atoms with Gasteiger partial charge in [-0.2, -0.15) is 0 Å². The van der Waals surface area contributed by atoms with Gasteiger partial charge in [-0.3, -0.25) is 0 Å². The van der Waals surface area contributed by atoms with Crippen LogP contribution in [-0.2, 0) is 6.42 Å². The third kappa shape index (κ3) is 2.81. The highest BCUT2D eigenvalue weighted by Gasteiger charge is 2.15. The van der Waals surface area contributed by atoms with Crippen molar-refractivity contribution < 1.29 is 0 Å². The number of aromatic nitrogens is 2. The fraction of sp³-hybridized carbons (Fsp3) is 0.278. The van der Waals surface area contributed by atoms with Crippen LogP contribution in [0.1, 0.15) is 37.7 Å². The fourth-order valence-electron chi connectivity index (χ4n) is 2.69. The lowest BCUT2D eigenvalue weighted by atomic mass is 10.1. The molecule has 0 radical (unpaired) electrons. The van der Waals surface area contributed by atoms with Crippen molar-refractivity contribution in [3.8, 4) is 0 Å².